The van der Waals surface area contributed by atoms with Gasteiger partial charge in [-0.1, -0.05) is 138 Å². The molecule has 0 unspecified atom stereocenters. The van der Waals surface area contributed by atoms with E-state index < -0.39 is 0 Å². The molecule has 0 atom stereocenters. The third kappa shape index (κ3) is 7.02. The maximum Gasteiger partial charge on any atom is 0.306 e. The Morgan fingerprint density at radius 1 is 0.625 bits per heavy atom. The highest BCUT2D eigenvalue weighted by Crippen LogP contribution is 2.36. The van der Waals surface area contributed by atoms with Crippen LogP contribution < -0.4 is 0 Å². The van der Waals surface area contributed by atoms with E-state index in [9.17, 15) is 4.79 Å². The molecule has 0 saturated carbocycles. The van der Waals surface area contributed by atoms with E-state index in [1.54, 1.807) is 0 Å². The minimum atomic E-state index is -0.0717. The lowest BCUT2D eigenvalue weighted by molar-refractivity contribution is -0.145. The van der Waals surface area contributed by atoms with Crippen LogP contribution in [-0.2, 0) is 22.6 Å². The molecule has 0 fully saturated rings. The second-order valence-corrected chi connectivity index (χ2v) is 11.8. The number of esters is 1. The first-order valence-corrected chi connectivity index (χ1v) is 15.5. The Morgan fingerprint density at radius 3 is 1.88 bits per heavy atom. The van der Waals surface area contributed by atoms with E-state index in [-0.39, 0.29) is 5.97 Å². The maximum atomic E-state index is 12.1. The summed E-state index contributed by atoms with van der Waals surface area (Å²) in [6, 6.07) is 28.8. The maximum absolute atomic E-state index is 12.1. The Morgan fingerprint density at radius 2 is 1.20 bits per heavy atom. The van der Waals surface area contributed by atoms with Gasteiger partial charge in [-0.3, -0.25) is 4.79 Å². The van der Waals surface area contributed by atoms with Crippen molar-refractivity contribution in [2.45, 2.75) is 97.0 Å². The Labute approximate surface area is 240 Å². The SMILES string of the molecule is CC(C)c1ccc(COC(=O)CCCCCCCCCCCc2ccc3ccc4cccc5ccc2c3c45)cc1. The zero-order chi connectivity index (χ0) is 27.7. The molecule has 2 heteroatoms. The number of benzene rings is 5. The molecule has 0 heterocycles. The summed E-state index contributed by atoms with van der Waals surface area (Å²) in [5.41, 5.74) is 3.87. The van der Waals surface area contributed by atoms with Crippen molar-refractivity contribution >= 4 is 38.3 Å². The van der Waals surface area contributed by atoms with Gasteiger partial charge in [0.1, 0.15) is 6.61 Å². The molecule has 5 aromatic rings. The fourth-order valence-electron chi connectivity index (χ4n) is 6.07. The molecule has 0 saturated heterocycles. The van der Waals surface area contributed by atoms with Gasteiger partial charge in [0, 0.05) is 6.42 Å². The Bertz CT molecular complexity index is 1500. The van der Waals surface area contributed by atoms with Gasteiger partial charge in [-0.2, -0.15) is 0 Å². The summed E-state index contributed by atoms with van der Waals surface area (Å²) in [6.45, 7) is 4.76. The van der Waals surface area contributed by atoms with Crippen molar-refractivity contribution in [2.24, 2.45) is 0 Å². The highest BCUT2D eigenvalue weighted by Gasteiger charge is 2.10. The van der Waals surface area contributed by atoms with Crippen molar-refractivity contribution in [1.82, 2.24) is 0 Å². The third-order valence-electron chi connectivity index (χ3n) is 8.49. The molecule has 0 radical (unpaired) electrons. The standard InChI is InChI=1S/C38H44O2/c1-28(2)30-19-17-29(18-20-30)27-40-36(39)16-11-9-7-5-3-4-6-8-10-13-31-21-22-34-24-23-32-14-12-15-33-25-26-35(31)38(34)37(32)33/h12,14-15,17-26,28H,3-11,13,16,27H2,1-2H3. The summed E-state index contributed by atoms with van der Waals surface area (Å²) >= 11 is 0. The first-order valence-electron chi connectivity index (χ1n) is 15.5. The molecule has 40 heavy (non-hydrogen) atoms. The Kier molecular flexibility index (Phi) is 9.71. The largest absolute Gasteiger partial charge is 0.461 e. The van der Waals surface area contributed by atoms with Gasteiger partial charge in [-0.15, -0.1) is 0 Å². The predicted molar refractivity (Wildman–Crippen MR) is 170 cm³/mol. The molecule has 5 aromatic carbocycles. The summed E-state index contributed by atoms with van der Waals surface area (Å²) in [4.78, 5) is 12.1. The lowest BCUT2D eigenvalue weighted by atomic mass is 9.90. The molecule has 0 amide bonds. The number of rotatable bonds is 15. The van der Waals surface area contributed by atoms with E-state index >= 15 is 0 Å². The van der Waals surface area contributed by atoms with E-state index in [4.69, 9.17) is 4.74 Å². The van der Waals surface area contributed by atoms with Crippen LogP contribution in [0.1, 0.15) is 101 Å². The molecule has 0 aliphatic carbocycles. The van der Waals surface area contributed by atoms with E-state index in [1.165, 1.54) is 88.4 Å². The molecule has 0 spiro atoms. The van der Waals surface area contributed by atoms with Crippen LogP contribution in [-0.4, -0.2) is 5.97 Å². The second kappa shape index (κ2) is 13.8. The van der Waals surface area contributed by atoms with Crippen LogP contribution in [0, 0.1) is 0 Å². The molecule has 0 bridgehead atoms. The lowest BCUT2D eigenvalue weighted by Crippen LogP contribution is -2.04. The van der Waals surface area contributed by atoms with Crippen LogP contribution >= 0.6 is 0 Å². The van der Waals surface area contributed by atoms with E-state index in [0.29, 0.717) is 18.9 Å². The highest BCUT2D eigenvalue weighted by atomic mass is 16.5. The summed E-state index contributed by atoms with van der Waals surface area (Å²) in [5, 5.41) is 8.34. The van der Waals surface area contributed by atoms with Crippen LogP contribution in [0.2, 0.25) is 0 Å². The van der Waals surface area contributed by atoms with E-state index in [2.05, 4.69) is 92.7 Å². The first-order chi connectivity index (χ1) is 19.6. The quantitative estimate of drug-likeness (QED) is 0.0761. The number of hydrogen-bond acceptors (Lipinski definition) is 2. The minimum absolute atomic E-state index is 0.0717. The fourth-order valence-corrected chi connectivity index (χ4v) is 6.07. The second-order valence-electron chi connectivity index (χ2n) is 11.8. The average Bonchev–Trinajstić information content (AvgIpc) is 2.98. The Hall–Kier alpha value is -3.39. The molecule has 0 aromatic heterocycles. The monoisotopic (exact) mass is 532 g/mol. The van der Waals surface area contributed by atoms with Crippen LogP contribution in [0.4, 0.5) is 0 Å². The zero-order valence-corrected chi connectivity index (χ0v) is 24.4. The van der Waals surface area contributed by atoms with Crippen LogP contribution in [0.15, 0.2) is 78.9 Å². The van der Waals surface area contributed by atoms with Crippen molar-refractivity contribution in [3.8, 4) is 0 Å². The van der Waals surface area contributed by atoms with Crippen LogP contribution in [0.25, 0.3) is 32.3 Å². The van der Waals surface area contributed by atoms with Crippen LogP contribution in [0.5, 0.6) is 0 Å². The first kappa shape index (κ1) is 28.1. The number of carbonyl (C=O) groups is 1. The smallest absolute Gasteiger partial charge is 0.306 e. The van der Waals surface area contributed by atoms with Gasteiger partial charge in [0.05, 0.1) is 0 Å². The van der Waals surface area contributed by atoms with Crippen molar-refractivity contribution in [1.29, 1.82) is 0 Å². The molecule has 0 aliphatic heterocycles. The molecule has 0 aliphatic rings. The summed E-state index contributed by atoms with van der Waals surface area (Å²) < 4.78 is 5.46. The van der Waals surface area contributed by atoms with E-state index in [0.717, 1.165) is 24.8 Å². The Balaban J connectivity index is 0.928. The number of unbranched alkanes of at least 4 members (excludes halogenated alkanes) is 8. The highest BCUT2D eigenvalue weighted by molar-refractivity contribution is 6.23. The lowest BCUT2D eigenvalue weighted by Gasteiger charge is -2.14. The molecule has 2 nitrogen and oxygen atoms in total. The zero-order valence-electron chi connectivity index (χ0n) is 24.4. The number of hydrogen-bond donors (Lipinski definition) is 0. The van der Waals surface area contributed by atoms with Gasteiger partial charge in [0.25, 0.3) is 0 Å². The van der Waals surface area contributed by atoms with Crippen molar-refractivity contribution in [3.05, 3.63) is 95.6 Å². The molecule has 208 valence electrons. The topological polar surface area (TPSA) is 26.3 Å². The summed E-state index contributed by atoms with van der Waals surface area (Å²) in [5.74, 6) is 0.450. The average molecular weight is 533 g/mol. The van der Waals surface area contributed by atoms with Gasteiger partial charge in [0.2, 0.25) is 0 Å². The van der Waals surface area contributed by atoms with Gasteiger partial charge in [-0.25, -0.2) is 0 Å². The normalized spacial score (nSPS) is 11.8. The van der Waals surface area contributed by atoms with Gasteiger partial charge in [-0.05, 0) is 74.2 Å². The number of ether oxygens (including phenoxy) is 1. The minimum Gasteiger partial charge on any atom is -0.461 e. The molecular formula is C38H44O2. The van der Waals surface area contributed by atoms with Crippen molar-refractivity contribution in [3.63, 3.8) is 0 Å². The van der Waals surface area contributed by atoms with E-state index in [1.807, 2.05) is 0 Å². The predicted octanol–water partition coefficient (Wildman–Crippen LogP) is 10.9. The third-order valence-corrected chi connectivity index (χ3v) is 8.49. The summed E-state index contributed by atoms with van der Waals surface area (Å²) in [7, 11) is 0. The number of carbonyl (C=O) groups excluding carboxylic acids is 1. The molecular weight excluding hydrogens is 488 g/mol. The molecule has 0 N–H and O–H groups in total. The van der Waals surface area contributed by atoms with Crippen LogP contribution in [0.3, 0.4) is 0 Å². The van der Waals surface area contributed by atoms with Gasteiger partial charge >= 0.3 is 5.97 Å². The van der Waals surface area contributed by atoms with Crippen molar-refractivity contribution < 1.29 is 9.53 Å². The van der Waals surface area contributed by atoms with Gasteiger partial charge in [0.15, 0.2) is 0 Å². The number of aryl methyl sites for hydroxylation is 1. The summed E-state index contributed by atoms with van der Waals surface area (Å²) in [6.07, 6.45) is 12.7. The van der Waals surface area contributed by atoms with Gasteiger partial charge < -0.3 is 4.74 Å². The van der Waals surface area contributed by atoms with Crippen molar-refractivity contribution in [2.75, 3.05) is 0 Å². The fraction of sp³-hybridized carbons (Fsp3) is 0.395. The molecule has 5 rings (SSSR count).